The number of benzene rings is 1. The van der Waals surface area contributed by atoms with Crippen molar-refractivity contribution >= 4 is 0 Å². The summed E-state index contributed by atoms with van der Waals surface area (Å²) in [6, 6.07) is 2.57. The lowest BCUT2D eigenvalue weighted by molar-refractivity contribution is -0.0625. The highest BCUT2D eigenvalue weighted by atomic mass is 19.3. The number of nitrogens with zero attached hydrogens (tertiary/aromatic N) is 1. The number of rotatable bonds is 4. The second-order valence-corrected chi connectivity index (χ2v) is 5.37. The zero-order valence-corrected chi connectivity index (χ0v) is 11.6. The molecule has 1 fully saturated rings. The van der Waals surface area contributed by atoms with Gasteiger partial charge in [-0.2, -0.15) is 0 Å². The average molecular weight is 309 g/mol. The smallest absolute Gasteiger partial charge is 0.297 e. The van der Waals surface area contributed by atoms with E-state index in [9.17, 15) is 22.0 Å². The van der Waals surface area contributed by atoms with Gasteiger partial charge in [0.15, 0.2) is 6.10 Å². The number of ether oxygens (including phenoxy) is 1. The van der Waals surface area contributed by atoms with E-state index in [0.717, 1.165) is 18.2 Å². The first kappa shape index (κ1) is 16.0. The van der Waals surface area contributed by atoms with E-state index in [1.165, 1.54) is 0 Å². The molecule has 118 valence electrons. The molecule has 2 rings (SSSR count). The minimum atomic E-state index is -3.08. The number of hydrogen-bond acceptors (Lipinski definition) is 2. The minimum Gasteiger partial charge on any atom is -0.483 e. The summed E-state index contributed by atoms with van der Waals surface area (Å²) in [6.45, 7) is 3.11. The zero-order chi connectivity index (χ0) is 15.8. The molecule has 0 bridgehead atoms. The van der Waals surface area contributed by atoms with Crippen LogP contribution in [0, 0.1) is 5.82 Å². The van der Waals surface area contributed by atoms with Crippen LogP contribution in [-0.2, 0) is 0 Å². The van der Waals surface area contributed by atoms with Crippen molar-refractivity contribution in [2.75, 3.05) is 13.1 Å². The Morgan fingerprint density at radius 2 is 1.95 bits per heavy atom. The van der Waals surface area contributed by atoms with Gasteiger partial charge in [0.05, 0.1) is 12.1 Å². The van der Waals surface area contributed by atoms with Crippen molar-refractivity contribution in [2.24, 2.45) is 0 Å². The molecule has 1 aromatic carbocycles. The molecular formula is C14H16F5NO. The van der Waals surface area contributed by atoms with E-state index < -0.39 is 36.4 Å². The van der Waals surface area contributed by atoms with Crippen LogP contribution in [0.1, 0.15) is 25.8 Å². The lowest BCUT2D eigenvalue weighted by Gasteiger charge is -2.20. The number of hydrogen-bond donors (Lipinski definition) is 0. The van der Waals surface area contributed by atoms with E-state index in [0.29, 0.717) is 0 Å². The van der Waals surface area contributed by atoms with E-state index in [1.54, 1.807) is 18.7 Å². The first-order valence-electron chi connectivity index (χ1n) is 6.57. The van der Waals surface area contributed by atoms with Gasteiger partial charge < -0.3 is 4.74 Å². The summed E-state index contributed by atoms with van der Waals surface area (Å²) in [5.74, 6) is -4.34. The van der Waals surface area contributed by atoms with Gasteiger partial charge in [-0.1, -0.05) is 0 Å². The van der Waals surface area contributed by atoms with Gasteiger partial charge in [-0.15, -0.1) is 0 Å². The number of halogens is 5. The van der Waals surface area contributed by atoms with Crippen LogP contribution in [0.4, 0.5) is 22.0 Å². The fourth-order valence-corrected chi connectivity index (χ4v) is 2.23. The predicted octanol–water partition coefficient (Wildman–Crippen LogP) is 3.87. The highest BCUT2D eigenvalue weighted by Crippen LogP contribution is 2.33. The van der Waals surface area contributed by atoms with Crippen molar-refractivity contribution in [1.82, 2.24) is 4.90 Å². The fourth-order valence-electron chi connectivity index (χ4n) is 2.23. The van der Waals surface area contributed by atoms with Crippen LogP contribution >= 0.6 is 0 Å². The Morgan fingerprint density at radius 1 is 1.29 bits per heavy atom. The molecule has 0 aliphatic carbocycles. The van der Waals surface area contributed by atoms with Crippen LogP contribution in [0.2, 0.25) is 0 Å². The Kier molecular flexibility index (Phi) is 4.41. The fraction of sp³-hybridized carbons (Fsp3) is 0.571. The Morgan fingerprint density at radius 3 is 2.48 bits per heavy atom. The molecule has 1 saturated heterocycles. The van der Waals surface area contributed by atoms with Crippen molar-refractivity contribution in [2.45, 2.75) is 38.3 Å². The van der Waals surface area contributed by atoms with Crippen molar-refractivity contribution < 1.29 is 26.7 Å². The summed E-state index contributed by atoms with van der Waals surface area (Å²) in [5.41, 5.74) is -0.852. The maximum absolute atomic E-state index is 13.9. The maximum atomic E-state index is 13.9. The molecule has 7 heteroatoms. The third-order valence-corrected chi connectivity index (χ3v) is 3.50. The lowest BCUT2D eigenvalue weighted by Crippen LogP contribution is -2.36. The van der Waals surface area contributed by atoms with E-state index in [4.69, 9.17) is 4.74 Å². The molecule has 0 unspecified atom stereocenters. The van der Waals surface area contributed by atoms with Crippen LogP contribution in [0.5, 0.6) is 5.75 Å². The highest BCUT2D eigenvalue weighted by molar-refractivity contribution is 5.31. The van der Waals surface area contributed by atoms with Gasteiger partial charge in [0, 0.05) is 12.6 Å². The zero-order valence-electron chi connectivity index (χ0n) is 11.6. The van der Waals surface area contributed by atoms with Crippen LogP contribution < -0.4 is 4.74 Å². The van der Waals surface area contributed by atoms with Crippen LogP contribution in [0.15, 0.2) is 18.2 Å². The summed E-state index contributed by atoms with van der Waals surface area (Å²) >= 11 is 0. The van der Waals surface area contributed by atoms with Crippen LogP contribution in [0.3, 0.4) is 0 Å². The second-order valence-electron chi connectivity index (χ2n) is 5.37. The third-order valence-electron chi connectivity index (χ3n) is 3.50. The molecule has 2 nitrogen and oxygen atoms in total. The van der Waals surface area contributed by atoms with Gasteiger partial charge in [0.1, 0.15) is 11.6 Å². The largest absolute Gasteiger partial charge is 0.483 e. The van der Waals surface area contributed by atoms with Gasteiger partial charge in [-0.25, -0.2) is 22.0 Å². The molecule has 0 amide bonds. The molecule has 1 aliphatic rings. The summed E-state index contributed by atoms with van der Waals surface area (Å²) in [6.07, 6.45) is -4.46. The third kappa shape index (κ3) is 3.45. The Labute approximate surface area is 119 Å². The van der Waals surface area contributed by atoms with Gasteiger partial charge in [0.25, 0.3) is 12.3 Å². The molecule has 0 N–H and O–H groups in total. The first-order valence-corrected chi connectivity index (χ1v) is 6.57. The minimum absolute atomic E-state index is 0.00788. The molecular weight excluding hydrogens is 293 g/mol. The molecule has 21 heavy (non-hydrogen) atoms. The quantitative estimate of drug-likeness (QED) is 0.783. The normalized spacial score (nSPS) is 22.2. The predicted molar refractivity (Wildman–Crippen MR) is 67.4 cm³/mol. The molecule has 0 spiro atoms. The molecule has 0 saturated carbocycles. The Hall–Kier alpha value is -1.37. The van der Waals surface area contributed by atoms with Crippen molar-refractivity contribution in [3.63, 3.8) is 0 Å². The van der Waals surface area contributed by atoms with E-state index >= 15 is 0 Å². The van der Waals surface area contributed by atoms with Crippen LogP contribution in [-0.4, -0.2) is 36.1 Å². The molecule has 0 aromatic heterocycles. The second kappa shape index (κ2) is 5.79. The number of alkyl halides is 4. The molecule has 0 radical (unpaired) electrons. The topological polar surface area (TPSA) is 12.5 Å². The lowest BCUT2D eigenvalue weighted by atomic mass is 10.2. The van der Waals surface area contributed by atoms with Crippen molar-refractivity contribution in [3.05, 3.63) is 29.6 Å². The first-order chi connectivity index (χ1) is 9.70. The molecule has 1 aliphatic heterocycles. The Bertz CT molecular complexity index is 506. The average Bonchev–Trinajstić information content (AvgIpc) is 2.67. The summed E-state index contributed by atoms with van der Waals surface area (Å²) < 4.78 is 71.2. The summed E-state index contributed by atoms with van der Waals surface area (Å²) in [4.78, 5) is 1.54. The highest BCUT2D eigenvalue weighted by Gasteiger charge is 2.50. The molecule has 1 atom stereocenters. The standard InChI is InChI=1S/C14H16F5NO/c1-8(2)20-6-12(14(18,19)7-20)21-9-3-4-11(15)10(5-9)13(16)17/h3-5,8,12-13H,6-7H2,1-2H3/t12-/m0/s1. The van der Waals surface area contributed by atoms with E-state index in [1.807, 2.05) is 0 Å². The van der Waals surface area contributed by atoms with E-state index in [-0.39, 0.29) is 18.3 Å². The SMILES string of the molecule is CC(C)N1C[C@H](Oc2ccc(F)c(C(F)F)c2)C(F)(F)C1. The number of likely N-dealkylation sites (tertiary alicyclic amines) is 1. The van der Waals surface area contributed by atoms with Crippen molar-refractivity contribution in [1.29, 1.82) is 0 Å². The van der Waals surface area contributed by atoms with Gasteiger partial charge >= 0.3 is 0 Å². The monoisotopic (exact) mass is 309 g/mol. The van der Waals surface area contributed by atoms with Gasteiger partial charge in [-0.05, 0) is 32.0 Å². The molecule has 1 heterocycles. The Balaban J connectivity index is 2.16. The van der Waals surface area contributed by atoms with Gasteiger partial charge in [-0.3, -0.25) is 4.90 Å². The van der Waals surface area contributed by atoms with Crippen molar-refractivity contribution in [3.8, 4) is 5.75 Å². The van der Waals surface area contributed by atoms with Gasteiger partial charge in [0.2, 0.25) is 0 Å². The molecule has 1 aromatic rings. The maximum Gasteiger partial charge on any atom is 0.297 e. The van der Waals surface area contributed by atoms with Crippen LogP contribution in [0.25, 0.3) is 0 Å². The summed E-state index contributed by atoms with van der Waals surface area (Å²) in [7, 11) is 0. The summed E-state index contributed by atoms with van der Waals surface area (Å²) in [5, 5.41) is 0. The van der Waals surface area contributed by atoms with E-state index in [2.05, 4.69) is 0 Å².